The highest BCUT2D eigenvalue weighted by molar-refractivity contribution is 6.31. The van der Waals surface area contributed by atoms with Gasteiger partial charge in [0.25, 0.3) is 0 Å². The smallest absolute Gasteiger partial charge is 0.129 e. The molecule has 1 saturated heterocycles. The second kappa shape index (κ2) is 7.04. The first-order valence-corrected chi connectivity index (χ1v) is 7.11. The van der Waals surface area contributed by atoms with Gasteiger partial charge in [-0.05, 0) is 25.0 Å². The first-order chi connectivity index (χ1) is 9.24. The first-order valence-electron chi connectivity index (χ1n) is 6.73. The molecule has 0 spiro atoms. The van der Waals surface area contributed by atoms with Crippen LogP contribution in [0.25, 0.3) is 0 Å². The molecule has 0 aromatic heterocycles. The minimum atomic E-state index is -0.208. The summed E-state index contributed by atoms with van der Waals surface area (Å²) in [5, 5.41) is 3.84. The van der Waals surface area contributed by atoms with Crippen molar-refractivity contribution in [3.05, 3.63) is 47.3 Å². The average molecular weight is 283 g/mol. The van der Waals surface area contributed by atoms with E-state index in [2.05, 4.69) is 16.8 Å². The quantitative estimate of drug-likeness (QED) is 0.833. The maximum atomic E-state index is 14.1. The van der Waals surface area contributed by atoms with Crippen LogP contribution < -0.4 is 5.32 Å². The number of allylic oxidation sites excluding steroid dienone is 1. The van der Waals surface area contributed by atoms with Gasteiger partial charge in [0.15, 0.2) is 0 Å². The van der Waals surface area contributed by atoms with Gasteiger partial charge in [0, 0.05) is 42.8 Å². The lowest BCUT2D eigenvalue weighted by atomic mass is 9.98. The molecule has 0 radical (unpaired) electrons. The van der Waals surface area contributed by atoms with Gasteiger partial charge in [-0.3, -0.25) is 4.90 Å². The molecule has 0 unspecified atom stereocenters. The summed E-state index contributed by atoms with van der Waals surface area (Å²) >= 11 is 6.21. The molecule has 0 amide bonds. The van der Waals surface area contributed by atoms with Crippen LogP contribution >= 0.6 is 11.6 Å². The van der Waals surface area contributed by atoms with Crippen LogP contribution in [0.2, 0.25) is 5.02 Å². The monoisotopic (exact) mass is 282 g/mol. The molecule has 0 aliphatic carbocycles. The summed E-state index contributed by atoms with van der Waals surface area (Å²) in [5.41, 5.74) is 0.632. The Morgan fingerprint density at radius 2 is 2.16 bits per heavy atom. The van der Waals surface area contributed by atoms with Crippen LogP contribution in [0, 0.1) is 5.82 Å². The molecule has 19 heavy (non-hydrogen) atoms. The number of benzene rings is 1. The molecule has 0 bridgehead atoms. The van der Waals surface area contributed by atoms with E-state index in [-0.39, 0.29) is 11.9 Å². The third-order valence-electron chi connectivity index (χ3n) is 3.57. The Balaban J connectivity index is 2.27. The summed E-state index contributed by atoms with van der Waals surface area (Å²) in [4.78, 5) is 2.31. The summed E-state index contributed by atoms with van der Waals surface area (Å²) in [6, 6.07) is 4.95. The Morgan fingerprint density at radius 3 is 2.79 bits per heavy atom. The normalized spacial score (nSPS) is 18.2. The van der Waals surface area contributed by atoms with Crippen molar-refractivity contribution in [2.45, 2.75) is 18.9 Å². The second-order valence-electron chi connectivity index (χ2n) is 4.80. The standard InChI is InChI=1S/C15H20ClFN2/c1-2-3-7-14(19-10-8-18-9-11-19)15-12(16)5-4-6-13(15)17/h2,4-6,14,18H,1,3,7-11H2/t14-/m0/s1. The van der Waals surface area contributed by atoms with Crippen molar-refractivity contribution in [1.29, 1.82) is 0 Å². The zero-order valence-electron chi connectivity index (χ0n) is 11.0. The van der Waals surface area contributed by atoms with E-state index in [0.29, 0.717) is 10.6 Å². The number of nitrogens with zero attached hydrogens (tertiary/aromatic N) is 1. The molecule has 1 aromatic rings. The molecule has 1 aliphatic rings. The molecule has 104 valence electrons. The van der Waals surface area contributed by atoms with E-state index >= 15 is 0 Å². The molecule has 1 fully saturated rings. The average Bonchev–Trinajstić information content (AvgIpc) is 2.43. The Kier molecular flexibility index (Phi) is 5.37. The van der Waals surface area contributed by atoms with Gasteiger partial charge in [-0.15, -0.1) is 6.58 Å². The zero-order chi connectivity index (χ0) is 13.7. The van der Waals surface area contributed by atoms with E-state index in [1.807, 2.05) is 6.08 Å². The molecular formula is C15H20ClFN2. The molecular weight excluding hydrogens is 263 g/mol. The van der Waals surface area contributed by atoms with Crippen molar-refractivity contribution in [3.8, 4) is 0 Å². The van der Waals surface area contributed by atoms with Gasteiger partial charge in [-0.25, -0.2) is 4.39 Å². The van der Waals surface area contributed by atoms with E-state index in [0.717, 1.165) is 39.0 Å². The molecule has 2 nitrogen and oxygen atoms in total. The molecule has 1 heterocycles. The van der Waals surface area contributed by atoms with Gasteiger partial charge in [0.1, 0.15) is 5.82 Å². The highest BCUT2D eigenvalue weighted by Gasteiger charge is 2.25. The van der Waals surface area contributed by atoms with Crippen molar-refractivity contribution in [2.75, 3.05) is 26.2 Å². The van der Waals surface area contributed by atoms with Crippen molar-refractivity contribution in [3.63, 3.8) is 0 Å². The minimum Gasteiger partial charge on any atom is -0.314 e. The van der Waals surface area contributed by atoms with Gasteiger partial charge < -0.3 is 5.32 Å². The lowest BCUT2D eigenvalue weighted by molar-refractivity contribution is 0.163. The summed E-state index contributed by atoms with van der Waals surface area (Å²) in [5.74, 6) is -0.208. The van der Waals surface area contributed by atoms with Crippen molar-refractivity contribution in [2.24, 2.45) is 0 Å². The summed E-state index contributed by atoms with van der Waals surface area (Å²) in [6.07, 6.45) is 3.59. The lowest BCUT2D eigenvalue weighted by Crippen LogP contribution is -2.45. The fraction of sp³-hybridized carbons (Fsp3) is 0.467. The molecule has 1 atom stereocenters. The number of hydrogen-bond donors (Lipinski definition) is 1. The van der Waals surface area contributed by atoms with Crippen molar-refractivity contribution in [1.82, 2.24) is 10.2 Å². The number of hydrogen-bond acceptors (Lipinski definition) is 2. The highest BCUT2D eigenvalue weighted by atomic mass is 35.5. The molecule has 2 rings (SSSR count). The molecule has 1 N–H and O–H groups in total. The van der Waals surface area contributed by atoms with Gasteiger partial charge in [-0.2, -0.15) is 0 Å². The van der Waals surface area contributed by atoms with Crippen molar-refractivity contribution >= 4 is 11.6 Å². The van der Waals surface area contributed by atoms with Crippen LogP contribution in [0.3, 0.4) is 0 Å². The van der Waals surface area contributed by atoms with Gasteiger partial charge in [-0.1, -0.05) is 23.7 Å². The topological polar surface area (TPSA) is 15.3 Å². The number of rotatable bonds is 5. The first kappa shape index (κ1) is 14.5. The zero-order valence-corrected chi connectivity index (χ0v) is 11.8. The second-order valence-corrected chi connectivity index (χ2v) is 5.21. The maximum absolute atomic E-state index is 14.1. The number of piperazine rings is 1. The lowest BCUT2D eigenvalue weighted by Gasteiger charge is -2.35. The SMILES string of the molecule is C=CCC[C@@H](c1c(F)cccc1Cl)N1CCNCC1. The van der Waals surface area contributed by atoms with Crippen LogP contribution in [0.5, 0.6) is 0 Å². The minimum absolute atomic E-state index is 0.0359. The predicted octanol–water partition coefficient (Wildman–Crippen LogP) is 3.39. The van der Waals surface area contributed by atoms with E-state index in [4.69, 9.17) is 11.6 Å². The molecule has 0 saturated carbocycles. The Morgan fingerprint density at radius 1 is 1.42 bits per heavy atom. The summed E-state index contributed by atoms with van der Waals surface area (Å²) in [7, 11) is 0. The van der Waals surface area contributed by atoms with Crippen LogP contribution in [0.1, 0.15) is 24.4 Å². The number of halogens is 2. The van der Waals surface area contributed by atoms with Crippen LogP contribution in [0.4, 0.5) is 4.39 Å². The third-order valence-corrected chi connectivity index (χ3v) is 3.90. The molecule has 4 heteroatoms. The van der Waals surface area contributed by atoms with Crippen LogP contribution in [-0.2, 0) is 0 Å². The largest absolute Gasteiger partial charge is 0.314 e. The highest BCUT2D eigenvalue weighted by Crippen LogP contribution is 2.33. The Bertz CT molecular complexity index is 410. The van der Waals surface area contributed by atoms with E-state index in [9.17, 15) is 4.39 Å². The third kappa shape index (κ3) is 3.56. The number of nitrogens with one attached hydrogen (secondary N) is 1. The van der Waals surface area contributed by atoms with Crippen LogP contribution in [0.15, 0.2) is 30.9 Å². The summed E-state index contributed by atoms with van der Waals surface area (Å²) in [6.45, 7) is 7.49. The molecule has 1 aliphatic heterocycles. The predicted molar refractivity (Wildman–Crippen MR) is 78.0 cm³/mol. The van der Waals surface area contributed by atoms with E-state index in [1.54, 1.807) is 12.1 Å². The molecule has 1 aromatic carbocycles. The van der Waals surface area contributed by atoms with E-state index in [1.165, 1.54) is 6.07 Å². The summed E-state index contributed by atoms with van der Waals surface area (Å²) < 4.78 is 14.1. The maximum Gasteiger partial charge on any atom is 0.129 e. The van der Waals surface area contributed by atoms with E-state index < -0.39 is 0 Å². The van der Waals surface area contributed by atoms with Gasteiger partial charge in [0.2, 0.25) is 0 Å². The van der Waals surface area contributed by atoms with Gasteiger partial charge >= 0.3 is 0 Å². The fourth-order valence-corrected chi connectivity index (χ4v) is 2.90. The van der Waals surface area contributed by atoms with Crippen molar-refractivity contribution < 1.29 is 4.39 Å². The Hall–Kier alpha value is -0.900. The van der Waals surface area contributed by atoms with Crippen LogP contribution in [-0.4, -0.2) is 31.1 Å². The Labute approximate surface area is 119 Å². The fourth-order valence-electron chi connectivity index (χ4n) is 2.61. The van der Waals surface area contributed by atoms with Gasteiger partial charge in [0.05, 0.1) is 0 Å².